The van der Waals surface area contributed by atoms with E-state index in [2.05, 4.69) is 0 Å². The summed E-state index contributed by atoms with van der Waals surface area (Å²) in [5.41, 5.74) is 4.06. The minimum Gasteiger partial charge on any atom is -0.492 e. The van der Waals surface area contributed by atoms with Crippen molar-refractivity contribution in [3.8, 4) is 5.75 Å². The highest BCUT2D eigenvalue weighted by molar-refractivity contribution is 5.93. The maximum absolute atomic E-state index is 13.3. The van der Waals surface area contributed by atoms with Crippen LogP contribution in [0.5, 0.6) is 5.75 Å². The third kappa shape index (κ3) is 2.47. The van der Waals surface area contributed by atoms with Gasteiger partial charge in [0.2, 0.25) is 5.91 Å². The number of ether oxygens (including phenoxy) is 1. The number of carbonyl (C=O) groups is 1. The number of amides is 1. The lowest BCUT2D eigenvalue weighted by Gasteiger charge is -2.33. The van der Waals surface area contributed by atoms with Crippen molar-refractivity contribution in [3.63, 3.8) is 0 Å². The molecular weight excluding hydrogens is 319 g/mol. The van der Waals surface area contributed by atoms with Crippen LogP contribution in [0.25, 0.3) is 0 Å². The molecule has 130 valence electrons. The first kappa shape index (κ1) is 15.8. The zero-order valence-electron chi connectivity index (χ0n) is 13.2. The largest absolute Gasteiger partial charge is 0.492 e. The van der Waals surface area contributed by atoms with Gasteiger partial charge >= 0.3 is 6.18 Å². The molecule has 0 radical (unpaired) electrons. The van der Waals surface area contributed by atoms with Crippen LogP contribution in [0.15, 0.2) is 18.2 Å². The third-order valence-electron chi connectivity index (χ3n) is 6.24. The van der Waals surface area contributed by atoms with Crippen LogP contribution >= 0.6 is 0 Å². The number of carbonyl (C=O) groups excluding carboxylic acids is 1. The maximum atomic E-state index is 13.3. The van der Waals surface area contributed by atoms with Gasteiger partial charge in [0.15, 0.2) is 0 Å². The molecular formula is C18H20F3NO2. The summed E-state index contributed by atoms with van der Waals surface area (Å²) in [6.07, 6.45) is 1.26. The first-order valence-electron chi connectivity index (χ1n) is 8.41. The second kappa shape index (κ2) is 5.14. The van der Waals surface area contributed by atoms with E-state index in [1.165, 1.54) is 31.4 Å². The number of halogens is 3. The fraction of sp³-hybridized carbons (Fsp3) is 0.611. The van der Waals surface area contributed by atoms with E-state index < -0.39 is 17.6 Å². The maximum Gasteiger partial charge on any atom is 0.419 e. The van der Waals surface area contributed by atoms with E-state index in [0.29, 0.717) is 12.5 Å². The van der Waals surface area contributed by atoms with Crippen molar-refractivity contribution >= 4 is 5.91 Å². The van der Waals surface area contributed by atoms with Gasteiger partial charge in [0, 0.05) is 11.0 Å². The molecule has 4 fully saturated rings. The van der Waals surface area contributed by atoms with E-state index in [4.69, 9.17) is 10.5 Å². The molecule has 0 spiro atoms. The van der Waals surface area contributed by atoms with Gasteiger partial charge in [0.05, 0.1) is 12.2 Å². The highest BCUT2D eigenvalue weighted by Gasteiger charge is 2.58. The molecule has 0 aromatic heterocycles. The summed E-state index contributed by atoms with van der Waals surface area (Å²) in [6, 6.07) is 3.30. The average molecular weight is 339 g/mol. The molecule has 0 aliphatic heterocycles. The van der Waals surface area contributed by atoms with Gasteiger partial charge in [-0.15, -0.1) is 0 Å². The van der Waals surface area contributed by atoms with E-state index >= 15 is 0 Å². The molecule has 0 saturated heterocycles. The van der Waals surface area contributed by atoms with E-state index in [1.807, 2.05) is 0 Å². The second-order valence-corrected chi connectivity index (χ2v) is 7.77. The molecule has 4 aliphatic rings. The Morgan fingerprint density at radius 1 is 1.21 bits per heavy atom. The van der Waals surface area contributed by atoms with Crippen LogP contribution in [0, 0.1) is 23.2 Å². The first-order chi connectivity index (χ1) is 11.3. The fourth-order valence-corrected chi connectivity index (χ4v) is 5.45. The van der Waals surface area contributed by atoms with Crippen LogP contribution in [0.4, 0.5) is 13.2 Å². The highest BCUT2D eigenvalue weighted by Crippen LogP contribution is 2.65. The van der Waals surface area contributed by atoms with E-state index in [9.17, 15) is 18.0 Å². The van der Waals surface area contributed by atoms with E-state index in [0.717, 1.165) is 30.7 Å². The Morgan fingerprint density at radius 3 is 2.46 bits per heavy atom. The van der Waals surface area contributed by atoms with Crippen molar-refractivity contribution in [3.05, 3.63) is 29.3 Å². The molecule has 4 saturated carbocycles. The van der Waals surface area contributed by atoms with Crippen molar-refractivity contribution in [2.45, 2.75) is 38.3 Å². The Bertz CT molecular complexity index is 671. The molecule has 3 nitrogen and oxygen atoms in total. The monoisotopic (exact) mass is 339 g/mol. The zero-order valence-corrected chi connectivity index (χ0v) is 13.2. The van der Waals surface area contributed by atoms with E-state index in [-0.39, 0.29) is 16.7 Å². The molecule has 24 heavy (non-hydrogen) atoms. The Labute approximate surface area is 138 Å². The van der Waals surface area contributed by atoms with Crippen molar-refractivity contribution in [1.82, 2.24) is 0 Å². The van der Waals surface area contributed by atoms with Crippen LogP contribution < -0.4 is 10.5 Å². The molecule has 6 heteroatoms. The molecule has 1 amide bonds. The lowest BCUT2D eigenvalue weighted by molar-refractivity contribution is -0.139. The molecule has 4 aliphatic carbocycles. The summed E-state index contributed by atoms with van der Waals surface area (Å²) in [4.78, 5) is 11.2. The predicted molar refractivity (Wildman–Crippen MR) is 81.4 cm³/mol. The lowest BCUT2D eigenvalue weighted by atomic mass is 9.76. The first-order valence-corrected chi connectivity index (χ1v) is 8.41. The Morgan fingerprint density at radius 2 is 1.88 bits per heavy atom. The normalized spacial score (nSPS) is 33.9. The average Bonchev–Trinajstić information content (AvgIpc) is 2.88. The summed E-state index contributed by atoms with van der Waals surface area (Å²) < 4.78 is 45.6. The third-order valence-corrected chi connectivity index (χ3v) is 6.24. The van der Waals surface area contributed by atoms with Crippen LogP contribution in [0.1, 0.15) is 48.0 Å². The number of nitrogens with two attached hydrogens (primary N) is 1. The van der Waals surface area contributed by atoms with Gasteiger partial charge in [-0.3, -0.25) is 4.79 Å². The SMILES string of the molecule is NC(=O)c1ccc(OCC23CC4CC(CC2C4)C3)c(C(F)(F)F)c1. The van der Waals surface area contributed by atoms with E-state index in [1.54, 1.807) is 0 Å². The van der Waals surface area contributed by atoms with Crippen LogP contribution in [-0.4, -0.2) is 12.5 Å². The van der Waals surface area contributed by atoms with Crippen molar-refractivity contribution in [2.75, 3.05) is 6.61 Å². The number of primary amides is 1. The standard InChI is InChI=1S/C18H20F3NO2/c19-18(20,21)14-6-12(16(22)23)1-2-15(14)24-9-17-7-10-3-11(8-17)5-13(17)4-10/h1-2,6,10-11,13H,3-5,7-9H2,(H2,22,23). The van der Waals surface area contributed by atoms with Crippen molar-refractivity contribution < 1.29 is 22.7 Å². The molecule has 1 aromatic carbocycles. The number of hydrogen-bond acceptors (Lipinski definition) is 2. The van der Waals surface area contributed by atoms with Gasteiger partial charge in [0.25, 0.3) is 0 Å². The predicted octanol–water partition coefficient (Wildman–Crippen LogP) is 4.01. The fourth-order valence-electron chi connectivity index (χ4n) is 5.45. The Kier molecular flexibility index (Phi) is 3.38. The smallest absolute Gasteiger partial charge is 0.419 e. The zero-order chi connectivity index (χ0) is 17.1. The number of hydrogen-bond donors (Lipinski definition) is 1. The molecule has 0 heterocycles. The van der Waals surface area contributed by atoms with Crippen LogP contribution in [0.2, 0.25) is 0 Å². The molecule has 2 N–H and O–H groups in total. The summed E-state index contributed by atoms with van der Waals surface area (Å²) in [5, 5.41) is 0. The molecule has 5 rings (SSSR count). The quantitative estimate of drug-likeness (QED) is 0.901. The number of rotatable bonds is 4. The summed E-state index contributed by atoms with van der Waals surface area (Å²) in [6.45, 7) is 0.337. The van der Waals surface area contributed by atoms with Gasteiger partial charge in [-0.05, 0) is 68.1 Å². The molecule has 2 atom stereocenters. The highest BCUT2D eigenvalue weighted by atomic mass is 19.4. The summed E-state index contributed by atoms with van der Waals surface area (Å²) in [5.74, 6) is 0.974. The summed E-state index contributed by atoms with van der Waals surface area (Å²) in [7, 11) is 0. The van der Waals surface area contributed by atoms with Gasteiger partial charge in [0.1, 0.15) is 5.75 Å². The molecule has 1 aromatic rings. The van der Waals surface area contributed by atoms with Gasteiger partial charge < -0.3 is 10.5 Å². The van der Waals surface area contributed by atoms with Gasteiger partial charge in [-0.25, -0.2) is 0 Å². The lowest BCUT2D eigenvalue weighted by Crippen LogP contribution is -2.30. The van der Waals surface area contributed by atoms with Crippen LogP contribution in [0.3, 0.4) is 0 Å². The van der Waals surface area contributed by atoms with Gasteiger partial charge in [-0.2, -0.15) is 13.2 Å². The van der Waals surface area contributed by atoms with Crippen molar-refractivity contribution in [2.24, 2.45) is 28.9 Å². The summed E-state index contributed by atoms with van der Waals surface area (Å²) >= 11 is 0. The Balaban J connectivity index is 1.58. The minimum atomic E-state index is -4.58. The second-order valence-electron chi connectivity index (χ2n) is 7.77. The van der Waals surface area contributed by atoms with Crippen molar-refractivity contribution in [1.29, 1.82) is 0 Å². The van der Waals surface area contributed by atoms with Gasteiger partial charge in [-0.1, -0.05) is 0 Å². The topological polar surface area (TPSA) is 52.3 Å². The molecule has 2 unspecified atom stereocenters. The number of benzene rings is 1. The number of alkyl halides is 3. The Hall–Kier alpha value is -1.72. The van der Waals surface area contributed by atoms with Crippen LogP contribution in [-0.2, 0) is 6.18 Å². The minimum absolute atomic E-state index is 0.0544. The molecule has 4 bridgehead atoms.